The van der Waals surface area contributed by atoms with Crippen molar-refractivity contribution >= 4 is 11.3 Å². The summed E-state index contributed by atoms with van der Waals surface area (Å²) in [6.45, 7) is 4.60. The molecule has 7 rings (SSSR count). The summed E-state index contributed by atoms with van der Waals surface area (Å²) in [6, 6.07) is 7.16. The summed E-state index contributed by atoms with van der Waals surface area (Å²) < 4.78 is 9.38. The molecule has 5 aliphatic heterocycles. The van der Waals surface area contributed by atoms with Gasteiger partial charge in [-0.05, 0) is 56.2 Å². The van der Waals surface area contributed by atoms with Crippen LogP contribution in [0.5, 0.6) is 11.5 Å². The van der Waals surface area contributed by atoms with Crippen molar-refractivity contribution in [3.8, 4) is 17.6 Å². The highest BCUT2D eigenvalue weighted by molar-refractivity contribution is 5.87. The summed E-state index contributed by atoms with van der Waals surface area (Å²) in [6.07, 6.45) is 9.10. The van der Waals surface area contributed by atoms with Crippen LogP contribution in [0.2, 0.25) is 0 Å². The van der Waals surface area contributed by atoms with Crippen LogP contribution in [0, 0.1) is 11.3 Å². The minimum Gasteiger partial charge on any atom is -0.455 e. The first-order valence-electron chi connectivity index (χ1n) is 11.7. The van der Waals surface area contributed by atoms with Crippen molar-refractivity contribution in [2.24, 2.45) is 0 Å². The smallest absolute Gasteiger partial charge is 0.210 e. The SMILES string of the molecule is [15N]#[13C]C1=c2cc3c4c(c2Oc2c1cc1c5c2CCCN5CCC1)CCC[N+]=4CCC3. The second kappa shape index (κ2) is 6.11. The van der Waals surface area contributed by atoms with Gasteiger partial charge in [-0.25, -0.2) is 4.58 Å². The molecule has 4 heteroatoms. The van der Waals surface area contributed by atoms with E-state index >= 15 is 0 Å². The third-order valence-corrected chi connectivity index (χ3v) is 7.80. The van der Waals surface area contributed by atoms with Gasteiger partial charge in [-0.3, -0.25) is 0 Å². The van der Waals surface area contributed by atoms with Crippen molar-refractivity contribution in [2.45, 2.75) is 51.4 Å². The molecule has 0 unspecified atom stereocenters. The van der Waals surface area contributed by atoms with Crippen molar-refractivity contribution in [2.75, 3.05) is 31.1 Å². The number of benzene rings is 2. The van der Waals surface area contributed by atoms with Gasteiger partial charge in [0.1, 0.15) is 30.7 Å². The molecule has 0 saturated heterocycles. The number of aryl methyl sites for hydroxylation is 2. The molecule has 150 valence electrons. The number of ether oxygens (including phenoxy) is 1. The zero-order chi connectivity index (χ0) is 19.8. The second-order valence-corrected chi connectivity index (χ2v) is 9.46. The summed E-state index contributed by atoms with van der Waals surface area (Å²) in [5.74, 6) is 1.96. The second-order valence-electron chi connectivity index (χ2n) is 9.46. The number of hydrogen-bond acceptors (Lipinski definition) is 3. The maximum Gasteiger partial charge on any atom is 0.210 e. The molecule has 5 aliphatic rings. The van der Waals surface area contributed by atoms with Gasteiger partial charge in [0.2, 0.25) is 5.36 Å². The van der Waals surface area contributed by atoms with E-state index in [0.29, 0.717) is 0 Å². The lowest BCUT2D eigenvalue weighted by Gasteiger charge is -2.39. The Morgan fingerprint density at radius 2 is 1.63 bits per heavy atom. The van der Waals surface area contributed by atoms with Crippen molar-refractivity contribution in [1.82, 2.24) is 4.58 Å². The molecule has 2 aromatic carbocycles. The van der Waals surface area contributed by atoms with Gasteiger partial charge in [0.15, 0.2) is 0 Å². The van der Waals surface area contributed by atoms with Gasteiger partial charge >= 0.3 is 0 Å². The van der Waals surface area contributed by atoms with Gasteiger partial charge in [-0.1, -0.05) is 0 Å². The Morgan fingerprint density at radius 3 is 2.50 bits per heavy atom. The molecule has 0 saturated carbocycles. The predicted molar refractivity (Wildman–Crippen MR) is 117 cm³/mol. The highest BCUT2D eigenvalue weighted by atomic mass is 16.5. The highest BCUT2D eigenvalue weighted by Crippen LogP contribution is 2.47. The van der Waals surface area contributed by atoms with Gasteiger partial charge in [-0.2, -0.15) is 5.26 Å². The molecular weight excluding hydrogens is 372 g/mol. The van der Waals surface area contributed by atoms with Crippen LogP contribution in [0.25, 0.3) is 5.57 Å². The van der Waals surface area contributed by atoms with Crippen molar-refractivity contribution < 1.29 is 4.74 Å². The van der Waals surface area contributed by atoms with Crippen LogP contribution in [0.3, 0.4) is 0 Å². The van der Waals surface area contributed by atoms with E-state index in [2.05, 4.69) is 27.7 Å². The molecule has 30 heavy (non-hydrogen) atoms. The fourth-order valence-electron chi connectivity index (χ4n) is 6.63. The van der Waals surface area contributed by atoms with Crippen LogP contribution < -0.4 is 24.8 Å². The lowest BCUT2D eigenvalue weighted by atomic mass is 9.86. The Hall–Kier alpha value is -2.80. The molecular formula is C26H26N3O+. The molecule has 4 nitrogen and oxygen atoms in total. The molecule has 0 aliphatic carbocycles. The maximum atomic E-state index is 10.3. The molecule has 0 aromatic heterocycles. The van der Waals surface area contributed by atoms with E-state index in [9.17, 15) is 5.26 Å². The van der Waals surface area contributed by atoms with E-state index in [4.69, 9.17) is 4.74 Å². The van der Waals surface area contributed by atoms with Crippen LogP contribution in [-0.4, -0.2) is 26.2 Å². The minimum atomic E-state index is 0.828. The number of hydrogen-bond donors (Lipinski definition) is 0. The Bertz CT molecular complexity index is 1290. The third kappa shape index (κ3) is 2.13. The summed E-state index contributed by atoms with van der Waals surface area (Å²) in [4.78, 5) is 2.56. The molecule has 5 heterocycles. The number of nitrogens with zero attached hydrogens (tertiary/aromatic N) is 3. The quantitative estimate of drug-likeness (QED) is 0.389. The average molecular weight is 398 g/mol. The van der Waals surface area contributed by atoms with Crippen LogP contribution in [0.15, 0.2) is 12.1 Å². The number of fused-ring (bicyclic) bond motifs is 4. The van der Waals surface area contributed by atoms with E-state index in [0.717, 1.165) is 79.7 Å². The van der Waals surface area contributed by atoms with Crippen molar-refractivity contribution in [3.05, 3.63) is 50.5 Å². The van der Waals surface area contributed by atoms with E-state index in [1.54, 1.807) is 0 Å². The topological polar surface area (TPSA) is 39.3 Å². The van der Waals surface area contributed by atoms with Crippen molar-refractivity contribution in [1.29, 1.82) is 5.26 Å². The monoisotopic (exact) mass is 398 g/mol. The van der Waals surface area contributed by atoms with Crippen LogP contribution in [-0.2, 0) is 25.7 Å². The molecule has 0 spiro atoms. The lowest BCUT2D eigenvalue weighted by molar-refractivity contribution is 0.431. The summed E-state index contributed by atoms with van der Waals surface area (Å²) in [5, 5.41) is 12.7. The maximum absolute atomic E-state index is 10.3. The van der Waals surface area contributed by atoms with Crippen LogP contribution in [0.1, 0.15) is 53.5 Å². The van der Waals surface area contributed by atoms with Gasteiger partial charge in [-0.15, -0.1) is 0 Å². The molecule has 0 bridgehead atoms. The summed E-state index contributed by atoms with van der Waals surface area (Å²) >= 11 is 0. The highest BCUT2D eigenvalue weighted by Gasteiger charge is 2.35. The summed E-state index contributed by atoms with van der Waals surface area (Å²) in [5.41, 5.74) is 8.82. The third-order valence-electron chi connectivity index (χ3n) is 7.80. The molecule has 0 N–H and O–H groups in total. The molecule has 0 atom stereocenters. The minimum absolute atomic E-state index is 0.828. The first kappa shape index (κ1) is 16.9. The Kier molecular flexibility index (Phi) is 3.45. The molecule has 0 radical (unpaired) electrons. The van der Waals surface area contributed by atoms with E-state index in [1.165, 1.54) is 59.0 Å². The van der Waals surface area contributed by atoms with E-state index in [-0.39, 0.29) is 0 Å². The molecule has 0 amide bonds. The number of nitriles is 1. The normalized spacial score (nSPS) is 20.4. The first-order valence-corrected chi connectivity index (χ1v) is 11.7. The summed E-state index contributed by atoms with van der Waals surface area (Å²) in [7, 11) is 0. The predicted octanol–water partition coefficient (Wildman–Crippen LogP) is 2.60. The van der Waals surface area contributed by atoms with Gasteiger partial charge in [0, 0.05) is 53.5 Å². The van der Waals surface area contributed by atoms with Crippen LogP contribution in [0.4, 0.5) is 5.69 Å². The van der Waals surface area contributed by atoms with Gasteiger partial charge in [0.05, 0.1) is 11.1 Å². The Morgan fingerprint density at radius 1 is 0.867 bits per heavy atom. The van der Waals surface area contributed by atoms with Crippen molar-refractivity contribution in [3.63, 3.8) is 0 Å². The number of rotatable bonds is 0. The largest absolute Gasteiger partial charge is 0.455 e. The Labute approximate surface area is 176 Å². The first-order chi connectivity index (χ1) is 14.8. The average Bonchev–Trinajstić information content (AvgIpc) is 2.79. The zero-order valence-corrected chi connectivity index (χ0v) is 17.4. The van der Waals surface area contributed by atoms with Crippen LogP contribution >= 0.6 is 0 Å². The van der Waals surface area contributed by atoms with Gasteiger partial charge < -0.3 is 9.64 Å². The molecule has 0 fully saturated rings. The zero-order valence-electron chi connectivity index (χ0n) is 17.4. The molecule has 2 aromatic rings. The number of anilines is 1. The Balaban J connectivity index is 1.59. The van der Waals surface area contributed by atoms with E-state index < -0.39 is 0 Å². The fraction of sp³-hybridized carbons (Fsp3) is 0.462. The lowest BCUT2D eigenvalue weighted by Crippen LogP contribution is -2.45. The van der Waals surface area contributed by atoms with E-state index in [1.807, 2.05) is 0 Å². The standard InChI is InChI=1S/C26H26N3O/c27-15-22-20-13-16-5-1-9-28-11-3-7-18(23(16)28)25(20)30-26-19-8-4-12-29-10-2-6-17(24(19)29)14-21(22)26/h13-14H,1-12H2/q+1/i15+1,27+1. The van der Waals surface area contributed by atoms with Gasteiger partial charge in [0.25, 0.3) is 0 Å². The fourth-order valence-corrected chi connectivity index (χ4v) is 6.63.